The molecule has 4 rings (SSSR count). The smallest absolute Gasteiger partial charge is 0.252 e. The van der Waals surface area contributed by atoms with Crippen molar-refractivity contribution < 1.29 is 19.3 Å². The number of nitrogens with zero attached hydrogens (tertiary/aromatic N) is 2. The van der Waals surface area contributed by atoms with Crippen LogP contribution in [0.5, 0.6) is 5.75 Å². The predicted molar refractivity (Wildman–Crippen MR) is 117 cm³/mol. The fourth-order valence-electron chi connectivity index (χ4n) is 3.54. The van der Waals surface area contributed by atoms with Crippen molar-refractivity contribution in [1.29, 1.82) is 0 Å². The van der Waals surface area contributed by atoms with E-state index in [9.17, 15) is 9.90 Å². The van der Waals surface area contributed by atoms with Crippen molar-refractivity contribution in [3.63, 3.8) is 0 Å². The number of hydrazone groups is 1. The van der Waals surface area contributed by atoms with Crippen LogP contribution in [-0.2, 0) is 0 Å². The molecule has 6 heteroatoms. The summed E-state index contributed by atoms with van der Waals surface area (Å²) in [4.78, 5) is 12.8. The molecule has 1 aliphatic rings. The Morgan fingerprint density at radius 2 is 1.71 bits per heavy atom. The van der Waals surface area contributed by atoms with Crippen LogP contribution in [-0.4, -0.2) is 35.9 Å². The summed E-state index contributed by atoms with van der Waals surface area (Å²) in [5, 5.41) is 19.9. The highest BCUT2D eigenvalue weighted by atomic mass is 16.5. The number of hydrogen-bond donors (Lipinski definition) is 1. The van der Waals surface area contributed by atoms with Gasteiger partial charge in [0.25, 0.3) is 5.91 Å². The largest absolute Gasteiger partial charge is 0.856 e. The van der Waals surface area contributed by atoms with E-state index in [1.165, 1.54) is 0 Å². The van der Waals surface area contributed by atoms with Gasteiger partial charge in [-0.2, -0.15) is 0 Å². The molecule has 1 aliphatic heterocycles. The monoisotopic (exact) mass is 413 g/mol. The number of carbonyl (C=O) groups is 1. The van der Waals surface area contributed by atoms with Crippen LogP contribution < -0.4 is 15.2 Å². The molecule has 1 heterocycles. The number of hydrogen-bond acceptors (Lipinski definition) is 4. The van der Waals surface area contributed by atoms with Crippen LogP contribution in [0.2, 0.25) is 0 Å². The lowest BCUT2D eigenvalue weighted by atomic mass is 9.99. The average molecular weight is 413 g/mol. The lowest BCUT2D eigenvalue weighted by molar-refractivity contribution is -0.565. The van der Waals surface area contributed by atoms with Crippen LogP contribution in [0.15, 0.2) is 84.0 Å². The van der Waals surface area contributed by atoms with Gasteiger partial charge in [0.15, 0.2) is 0 Å². The Bertz CT molecular complexity index is 1120. The number of rotatable bonds is 5. The minimum Gasteiger partial charge on any atom is -0.856 e. The van der Waals surface area contributed by atoms with Gasteiger partial charge < -0.3 is 15.2 Å². The number of carbonyl (C=O) groups excluding carboxylic acids is 1. The third-order valence-electron chi connectivity index (χ3n) is 5.22. The first kappa shape index (κ1) is 20.3. The molecule has 0 aromatic heterocycles. The summed E-state index contributed by atoms with van der Waals surface area (Å²) in [5.74, 6) is 0.00209. The number of methoxy groups -OCH3 is 1. The molecule has 1 amide bonds. The Morgan fingerprint density at radius 3 is 2.35 bits per heavy atom. The first-order valence-corrected chi connectivity index (χ1v) is 10.0. The standard InChI is InChI=1S/C25H23N3O3/c1-17-8-10-18(11-9-17)16-28-23(19-12-14-21(31-2)15-13-19)22(25(30)27-28)26-24(29)20-6-4-3-5-7-20/h3-16,22-23H,1-2H3,(H-,26,27,29,30)/b28-16-/t22-,23-/m1/s1. The van der Waals surface area contributed by atoms with Gasteiger partial charge in [-0.1, -0.05) is 40.6 Å². The lowest BCUT2D eigenvalue weighted by Gasteiger charge is -2.20. The maximum Gasteiger partial charge on any atom is 0.252 e. The predicted octanol–water partition coefficient (Wildman–Crippen LogP) is 2.66. The number of benzene rings is 3. The summed E-state index contributed by atoms with van der Waals surface area (Å²) >= 11 is 0. The molecule has 0 unspecified atom stereocenters. The van der Waals surface area contributed by atoms with Crippen LogP contribution >= 0.6 is 0 Å². The van der Waals surface area contributed by atoms with E-state index in [1.54, 1.807) is 36.1 Å². The third kappa shape index (κ3) is 4.48. The zero-order chi connectivity index (χ0) is 21.8. The van der Waals surface area contributed by atoms with Gasteiger partial charge in [-0.25, -0.2) is 0 Å². The zero-order valence-electron chi connectivity index (χ0n) is 17.4. The number of ether oxygens (including phenoxy) is 1. The topological polar surface area (TPSA) is 76.8 Å². The van der Waals surface area contributed by atoms with Crippen molar-refractivity contribution in [2.24, 2.45) is 5.10 Å². The molecule has 0 fully saturated rings. The van der Waals surface area contributed by atoms with Gasteiger partial charge in [0, 0.05) is 16.7 Å². The van der Waals surface area contributed by atoms with Crippen molar-refractivity contribution in [3.05, 3.63) is 101 Å². The molecule has 0 saturated carbocycles. The Balaban J connectivity index is 1.71. The fraction of sp³-hybridized carbons (Fsp3) is 0.160. The van der Waals surface area contributed by atoms with Crippen molar-refractivity contribution in [2.75, 3.05) is 7.11 Å². The highest BCUT2D eigenvalue weighted by Gasteiger charge is 2.41. The summed E-state index contributed by atoms with van der Waals surface area (Å²) in [7, 11) is 1.60. The molecule has 1 N–H and O–H groups in total. The first-order valence-electron chi connectivity index (χ1n) is 10.0. The maximum atomic E-state index is 12.8. The molecule has 2 atom stereocenters. The third-order valence-corrected chi connectivity index (χ3v) is 5.22. The maximum absolute atomic E-state index is 12.8. The van der Waals surface area contributed by atoms with E-state index in [0.717, 1.165) is 16.7 Å². The highest BCUT2D eigenvalue weighted by molar-refractivity contribution is 5.97. The summed E-state index contributed by atoms with van der Waals surface area (Å²) in [6.07, 6.45) is 1.82. The summed E-state index contributed by atoms with van der Waals surface area (Å²) in [5.41, 5.74) is 3.39. The average Bonchev–Trinajstić information content (AvgIpc) is 3.10. The molecule has 6 nitrogen and oxygen atoms in total. The van der Waals surface area contributed by atoms with Crippen molar-refractivity contribution >= 4 is 18.0 Å². The number of nitrogens with one attached hydrogen (secondary N) is 1. The Morgan fingerprint density at radius 1 is 1.03 bits per heavy atom. The summed E-state index contributed by atoms with van der Waals surface area (Å²) in [6.45, 7) is 2.02. The van der Waals surface area contributed by atoms with E-state index in [2.05, 4.69) is 10.4 Å². The van der Waals surface area contributed by atoms with Crippen LogP contribution in [0.3, 0.4) is 0 Å². The fourth-order valence-corrected chi connectivity index (χ4v) is 3.54. The van der Waals surface area contributed by atoms with Crippen molar-refractivity contribution in [1.82, 2.24) is 5.32 Å². The van der Waals surface area contributed by atoms with Gasteiger partial charge in [-0.3, -0.25) is 4.79 Å². The molecule has 0 saturated heterocycles. The Labute approximate surface area is 181 Å². The van der Waals surface area contributed by atoms with Crippen LogP contribution in [0.1, 0.15) is 33.1 Å². The van der Waals surface area contributed by atoms with E-state index in [1.807, 2.05) is 67.7 Å². The van der Waals surface area contributed by atoms with Gasteiger partial charge in [0.05, 0.1) is 13.0 Å². The molecule has 0 spiro atoms. The van der Waals surface area contributed by atoms with Gasteiger partial charge in [0.2, 0.25) is 12.3 Å². The zero-order valence-corrected chi connectivity index (χ0v) is 17.4. The molecular formula is C25H23N3O3. The second-order valence-electron chi connectivity index (χ2n) is 7.39. The second kappa shape index (κ2) is 8.83. The Hall–Kier alpha value is -3.93. The minimum absolute atomic E-state index is 0.315. The Kier molecular flexibility index (Phi) is 5.80. The molecule has 0 radical (unpaired) electrons. The number of aryl methyl sites for hydroxylation is 1. The minimum atomic E-state index is -0.817. The first-order chi connectivity index (χ1) is 15.0. The molecule has 0 aliphatic carbocycles. The number of amides is 1. The molecule has 31 heavy (non-hydrogen) atoms. The van der Waals surface area contributed by atoms with Crippen LogP contribution in [0, 0.1) is 6.92 Å². The molecule has 0 bridgehead atoms. The van der Waals surface area contributed by atoms with Gasteiger partial charge in [-0.05, 0) is 60.6 Å². The van der Waals surface area contributed by atoms with E-state index in [-0.39, 0.29) is 5.91 Å². The normalized spacial score (nSPS) is 19.2. The quantitative estimate of drug-likeness (QED) is 0.654. The lowest BCUT2D eigenvalue weighted by Crippen LogP contribution is -2.47. The second-order valence-corrected chi connectivity index (χ2v) is 7.39. The van der Waals surface area contributed by atoms with E-state index in [0.29, 0.717) is 11.3 Å². The van der Waals surface area contributed by atoms with Gasteiger partial charge >= 0.3 is 0 Å². The van der Waals surface area contributed by atoms with Crippen LogP contribution in [0.4, 0.5) is 0 Å². The van der Waals surface area contributed by atoms with Crippen LogP contribution in [0.25, 0.3) is 0 Å². The van der Waals surface area contributed by atoms with E-state index >= 15 is 0 Å². The summed E-state index contributed by atoms with van der Waals surface area (Å²) in [6, 6.07) is 22.9. The molecule has 156 valence electrons. The summed E-state index contributed by atoms with van der Waals surface area (Å²) < 4.78 is 6.88. The highest BCUT2D eigenvalue weighted by Crippen LogP contribution is 2.28. The molecular weight excluding hydrogens is 390 g/mol. The SMILES string of the molecule is COc1ccc([C@@H]2[C@@H](NC(=O)c3ccccc3)C([O-])=N/[N+]2=C\c2ccc(C)cc2)cc1. The van der Waals surface area contributed by atoms with E-state index < -0.39 is 18.0 Å². The van der Waals surface area contributed by atoms with Gasteiger partial charge in [0.1, 0.15) is 11.8 Å². The van der Waals surface area contributed by atoms with Gasteiger partial charge in [-0.15, -0.1) is 0 Å². The van der Waals surface area contributed by atoms with Crippen molar-refractivity contribution in [3.8, 4) is 5.75 Å². The molecule has 3 aromatic rings. The van der Waals surface area contributed by atoms with Crippen molar-refractivity contribution in [2.45, 2.75) is 19.0 Å². The van der Waals surface area contributed by atoms with E-state index in [4.69, 9.17) is 4.74 Å². The molecule has 3 aromatic carbocycles.